The maximum absolute atomic E-state index is 13.8. The summed E-state index contributed by atoms with van der Waals surface area (Å²) in [5.41, 5.74) is 0.845. The van der Waals surface area contributed by atoms with Crippen molar-refractivity contribution in [3.63, 3.8) is 0 Å². The Balaban J connectivity index is 2.52. The number of benzene rings is 1. The minimum Gasteiger partial charge on any atom is -0.315 e. The van der Waals surface area contributed by atoms with E-state index in [2.05, 4.69) is 14.9 Å². The lowest BCUT2D eigenvalue weighted by Crippen LogP contribution is -2.05. The summed E-state index contributed by atoms with van der Waals surface area (Å²) in [5.74, 6) is -0.918. The average molecular weight is 255 g/mol. The molecule has 1 N–H and O–H groups in total. The highest BCUT2D eigenvalue weighted by atomic mass is 32.1. The van der Waals surface area contributed by atoms with Crippen molar-refractivity contribution < 1.29 is 8.78 Å². The molecule has 0 saturated heterocycles. The van der Waals surface area contributed by atoms with Crippen LogP contribution >= 0.6 is 11.5 Å². The van der Waals surface area contributed by atoms with Crippen LogP contribution in [0.2, 0.25) is 0 Å². The molecule has 0 aliphatic rings. The Kier molecular flexibility index (Phi) is 3.44. The van der Waals surface area contributed by atoms with Crippen molar-refractivity contribution in [3.05, 3.63) is 34.2 Å². The lowest BCUT2D eigenvalue weighted by Gasteiger charge is -2.04. The second-order valence-electron chi connectivity index (χ2n) is 3.66. The van der Waals surface area contributed by atoms with Gasteiger partial charge in [0.15, 0.2) is 0 Å². The fourth-order valence-electron chi connectivity index (χ4n) is 1.52. The summed E-state index contributed by atoms with van der Waals surface area (Å²) in [7, 11) is 1.77. The first-order valence-corrected chi connectivity index (χ1v) is 5.82. The minimum absolute atomic E-state index is 0.159. The van der Waals surface area contributed by atoms with Gasteiger partial charge >= 0.3 is 0 Å². The molecule has 0 fully saturated rings. The summed E-state index contributed by atoms with van der Waals surface area (Å²) in [5, 5.41) is 6.80. The topological polar surface area (TPSA) is 37.8 Å². The zero-order valence-electron chi connectivity index (χ0n) is 9.42. The van der Waals surface area contributed by atoms with Crippen LogP contribution in [0.1, 0.15) is 10.4 Å². The van der Waals surface area contributed by atoms with Gasteiger partial charge in [-0.25, -0.2) is 8.78 Å². The molecule has 0 saturated carbocycles. The van der Waals surface area contributed by atoms with Crippen LogP contribution in [-0.2, 0) is 6.54 Å². The van der Waals surface area contributed by atoms with Crippen LogP contribution in [0.3, 0.4) is 0 Å². The van der Waals surface area contributed by atoms with E-state index in [0.717, 1.165) is 4.88 Å². The van der Waals surface area contributed by atoms with Crippen LogP contribution in [0, 0.1) is 18.6 Å². The maximum Gasteiger partial charge on any atom is 0.133 e. The molecule has 0 radical (unpaired) electrons. The third-order valence-electron chi connectivity index (χ3n) is 2.40. The van der Waals surface area contributed by atoms with Gasteiger partial charge in [0.2, 0.25) is 0 Å². The molecular formula is C11H11F2N3S. The Morgan fingerprint density at radius 1 is 1.29 bits per heavy atom. The first-order chi connectivity index (χ1) is 8.13. The van der Waals surface area contributed by atoms with Crippen LogP contribution in [-0.4, -0.2) is 16.6 Å². The van der Waals surface area contributed by atoms with Crippen LogP contribution in [0.25, 0.3) is 11.3 Å². The van der Waals surface area contributed by atoms with Gasteiger partial charge < -0.3 is 5.32 Å². The van der Waals surface area contributed by atoms with Gasteiger partial charge in [0.25, 0.3) is 0 Å². The van der Waals surface area contributed by atoms with E-state index in [9.17, 15) is 8.78 Å². The Morgan fingerprint density at radius 2 is 2.06 bits per heavy atom. The smallest absolute Gasteiger partial charge is 0.133 e. The number of aromatic nitrogens is 2. The van der Waals surface area contributed by atoms with Crippen LogP contribution in [0.5, 0.6) is 0 Å². The Hall–Kier alpha value is -1.40. The highest BCUT2D eigenvalue weighted by Crippen LogP contribution is 2.28. The molecule has 2 rings (SSSR count). The normalized spacial score (nSPS) is 10.8. The summed E-state index contributed by atoms with van der Waals surface area (Å²) in [6.07, 6.45) is 0. The molecule has 90 valence electrons. The van der Waals surface area contributed by atoms with E-state index in [1.807, 2.05) is 0 Å². The van der Waals surface area contributed by atoms with E-state index in [4.69, 9.17) is 0 Å². The third-order valence-corrected chi connectivity index (χ3v) is 3.12. The SMILES string of the molecule is CNCc1snnc1-c1cc(F)c(C)cc1F. The molecule has 0 unspecified atom stereocenters. The van der Waals surface area contributed by atoms with Crippen molar-refractivity contribution in [1.82, 2.24) is 14.9 Å². The largest absolute Gasteiger partial charge is 0.315 e. The quantitative estimate of drug-likeness (QED) is 0.915. The Labute approximate surface area is 102 Å². The molecule has 6 heteroatoms. The van der Waals surface area contributed by atoms with Gasteiger partial charge in [-0.05, 0) is 43.2 Å². The lowest BCUT2D eigenvalue weighted by molar-refractivity contribution is 0.594. The third kappa shape index (κ3) is 2.32. The molecule has 0 amide bonds. The molecule has 0 aliphatic heterocycles. The van der Waals surface area contributed by atoms with E-state index in [0.29, 0.717) is 12.2 Å². The summed E-state index contributed by atoms with van der Waals surface area (Å²) in [6, 6.07) is 2.34. The number of hydrogen-bond acceptors (Lipinski definition) is 4. The van der Waals surface area contributed by atoms with Crippen LogP contribution < -0.4 is 5.32 Å². The fraction of sp³-hybridized carbons (Fsp3) is 0.273. The zero-order chi connectivity index (χ0) is 12.4. The second kappa shape index (κ2) is 4.85. The van der Waals surface area contributed by atoms with Gasteiger partial charge in [0, 0.05) is 12.1 Å². The zero-order valence-corrected chi connectivity index (χ0v) is 10.2. The number of hydrogen-bond donors (Lipinski definition) is 1. The molecule has 17 heavy (non-hydrogen) atoms. The standard InChI is InChI=1S/C11H11F2N3S/c1-6-3-9(13)7(4-8(6)12)11-10(5-14-2)17-16-15-11/h3-4,14H,5H2,1-2H3. The van der Waals surface area contributed by atoms with Crippen molar-refractivity contribution >= 4 is 11.5 Å². The second-order valence-corrected chi connectivity index (χ2v) is 4.49. The number of nitrogens with one attached hydrogen (secondary N) is 1. The lowest BCUT2D eigenvalue weighted by atomic mass is 10.1. The maximum atomic E-state index is 13.8. The summed E-state index contributed by atoms with van der Waals surface area (Å²) >= 11 is 1.17. The van der Waals surface area contributed by atoms with Crippen LogP contribution in [0.15, 0.2) is 12.1 Å². The summed E-state index contributed by atoms with van der Waals surface area (Å²) < 4.78 is 31.0. The van der Waals surface area contributed by atoms with E-state index in [1.165, 1.54) is 30.6 Å². The predicted octanol–water partition coefficient (Wildman–Crippen LogP) is 2.51. The van der Waals surface area contributed by atoms with Gasteiger partial charge in [-0.1, -0.05) is 4.49 Å². The van der Waals surface area contributed by atoms with Gasteiger partial charge in [0.05, 0.1) is 4.88 Å². The number of aryl methyl sites for hydroxylation is 1. The summed E-state index contributed by atoms with van der Waals surface area (Å²) in [6.45, 7) is 2.05. The van der Waals surface area contributed by atoms with Crippen molar-refractivity contribution in [2.24, 2.45) is 0 Å². The Bertz CT molecular complexity index is 540. The first-order valence-electron chi connectivity index (χ1n) is 5.05. The predicted molar refractivity (Wildman–Crippen MR) is 62.8 cm³/mol. The highest BCUT2D eigenvalue weighted by Gasteiger charge is 2.16. The molecule has 1 heterocycles. The molecule has 2 aromatic rings. The van der Waals surface area contributed by atoms with Gasteiger partial charge in [-0.3, -0.25) is 0 Å². The molecular weight excluding hydrogens is 244 g/mol. The van der Waals surface area contributed by atoms with Crippen molar-refractivity contribution in [2.45, 2.75) is 13.5 Å². The molecule has 3 nitrogen and oxygen atoms in total. The van der Waals surface area contributed by atoms with Crippen molar-refractivity contribution in [1.29, 1.82) is 0 Å². The molecule has 0 aliphatic carbocycles. The minimum atomic E-state index is -0.478. The Morgan fingerprint density at radius 3 is 2.76 bits per heavy atom. The number of nitrogens with zero attached hydrogens (tertiary/aromatic N) is 2. The highest BCUT2D eigenvalue weighted by molar-refractivity contribution is 7.05. The van der Waals surface area contributed by atoms with Gasteiger partial charge in [-0.15, -0.1) is 5.10 Å². The van der Waals surface area contributed by atoms with Crippen LogP contribution in [0.4, 0.5) is 8.78 Å². The van der Waals surface area contributed by atoms with E-state index < -0.39 is 11.6 Å². The van der Waals surface area contributed by atoms with E-state index in [1.54, 1.807) is 7.05 Å². The molecule has 0 atom stereocenters. The van der Waals surface area contributed by atoms with Gasteiger partial charge in [-0.2, -0.15) is 0 Å². The monoisotopic (exact) mass is 255 g/mol. The molecule has 0 spiro atoms. The van der Waals surface area contributed by atoms with Gasteiger partial charge in [0.1, 0.15) is 17.3 Å². The van der Waals surface area contributed by atoms with Crippen molar-refractivity contribution in [3.8, 4) is 11.3 Å². The van der Waals surface area contributed by atoms with E-state index >= 15 is 0 Å². The molecule has 1 aromatic carbocycles. The molecule has 0 bridgehead atoms. The van der Waals surface area contributed by atoms with E-state index in [-0.39, 0.29) is 11.1 Å². The fourth-order valence-corrected chi connectivity index (χ4v) is 2.19. The number of rotatable bonds is 3. The molecule has 1 aromatic heterocycles. The average Bonchev–Trinajstić information content (AvgIpc) is 2.72. The van der Waals surface area contributed by atoms with Crippen molar-refractivity contribution in [2.75, 3.05) is 7.05 Å². The first kappa shape index (κ1) is 12.1. The summed E-state index contributed by atoms with van der Waals surface area (Å²) in [4.78, 5) is 0.787. The number of halogens is 2.